The van der Waals surface area contributed by atoms with Crippen molar-refractivity contribution >= 4 is 11.5 Å². The van der Waals surface area contributed by atoms with Crippen molar-refractivity contribution in [3.8, 4) is 0 Å². The van der Waals surface area contributed by atoms with Crippen LogP contribution in [0.1, 0.15) is 44.7 Å². The molecule has 2 aromatic rings. The Kier molecular flexibility index (Phi) is 4.70. The molecule has 1 aliphatic heterocycles. The predicted molar refractivity (Wildman–Crippen MR) is 83.7 cm³/mol. The van der Waals surface area contributed by atoms with Gasteiger partial charge in [-0.15, -0.1) is 0 Å². The number of aromatic nitrogens is 3. The number of hydrogen-bond donors (Lipinski definition) is 1. The van der Waals surface area contributed by atoms with Gasteiger partial charge in [0.15, 0.2) is 5.65 Å². The number of fused-ring (bicyclic) bond motifs is 1. The van der Waals surface area contributed by atoms with Crippen LogP contribution < -0.4 is 5.32 Å². The zero-order valence-corrected chi connectivity index (χ0v) is 12.7. The van der Waals surface area contributed by atoms with Gasteiger partial charge in [0.05, 0.1) is 12.3 Å². The van der Waals surface area contributed by atoms with Crippen molar-refractivity contribution in [2.75, 3.05) is 18.5 Å². The Labute approximate surface area is 125 Å². The quantitative estimate of drug-likeness (QED) is 0.796. The molecular weight excluding hydrogens is 264 g/mol. The Morgan fingerprint density at radius 2 is 2.38 bits per heavy atom. The van der Waals surface area contributed by atoms with Gasteiger partial charge in [-0.3, -0.25) is 0 Å². The molecule has 0 aromatic carbocycles. The van der Waals surface area contributed by atoms with Crippen molar-refractivity contribution in [2.45, 2.75) is 51.6 Å². The third kappa shape index (κ3) is 3.53. The minimum atomic E-state index is 0.510. The van der Waals surface area contributed by atoms with E-state index in [-0.39, 0.29) is 0 Å². The summed E-state index contributed by atoms with van der Waals surface area (Å²) in [6, 6.07) is 4.04. The van der Waals surface area contributed by atoms with Crippen LogP contribution in [-0.2, 0) is 11.2 Å². The van der Waals surface area contributed by atoms with Crippen molar-refractivity contribution in [1.82, 2.24) is 14.6 Å². The maximum atomic E-state index is 5.65. The molecule has 2 aromatic heterocycles. The van der Waals surface area contributed by atoms with Gasteiger partial charge in [-0.25, -0.2) is 4.98 Å². The number of nitrogens with one attached hydrogen (secondary N) is 1. The summed E-state index contributed by atoms with van der Waals surface area (Å²) in [4.78, 5) is 4.55. The third-order valence-corrected chi connectivity index (χ3v) is 4.06. The van der Waals surface area contributed by atoms with E-state index in [0.717, 1.165) is 43.2 Å². The summed E-state index contributed by atoms with van der Waals surface area (Å²) in [6.45, 7) is 4.05. The molecule has 0 saturated carbocycles. The number of nitrogens with zero attached hydrogens (tertiary/aromatic N) is 3. The van der Waals surface area contributed by atoms with Crippen LogP contribution in [0.5, 0.6) is 0 Å². The van der Waals surface area contributed by atoms with E-state index < -0.39 is 0 Å². The second-order valence-corrected chi connectivity index (χ2v) is 5.65. The number of anilines is 1. The molecule has 0 aliphatic carbocycles. The lowest BCUT2D eigenvalue weighted by molar-refractivity contribution is 0.102. The van der Waals surface area contributed by atoms with E-state index in [9.17, 15) is 0 Å². The first kappa shape index (κ1) is 14.3. The van der Waals surface area contributed by atoms with E-state index in [0.29, 0.717) is 6.10 Å². The highest BCUT2D eigenvalue weighted by Crippen LogP contribution is 2.18. The lowest BCUT2D eigenvalue weighted by atomic mass is 10.1. The molecular formula is C16H24N4O. The summed E-state index contributed by atoms with van der Waals surface area (Å²) in [5.74, 6) is 1.04. The molecule has 1 aliphatic rings. The van der Waals surface area contributed by atoms with E-state index in [1.807, 2.05) is 10.6 Å². The average Bonchev–Trinajstić information content (AvgIpc) is 3.17. The smallest absolute Gasteiger partial charge is 0.157 e. The van der Waals surface area contributed by atoms with Crippen LogP contribution >= 0.6 is 0 Å². The molecule has 0 amide bonds. The Bertz CT molecular complexity index is 575. The van der Waals surface area contributed by atoms with Crippen molar-refractivity contribution in [2.24, 2.45) is 0 Å². The van der Waals surface area contributed by atoms with Gasteiger partial charge in [0.25, 0.3) is 0 Å². The van der Waals surface area contributed by atoms with Gasteiger partial charge in [0.1, 0.15) is 5.82 Å². The van der Waals surface area contributed by atoms with Crippen LogP contribution in [0.15, 0.2) is 18.3 Å². The summed E-state index contributed by atoms with van der Waals surface area (Å²) in [5.41, 5.74) is 2.01. The molecule has 5 nitrogen and oxygen atoms in total. The third-order valence-electron chi connectivity index (χ3n) is 4.06. The second kappa shape index (κ2) is 6.89. The lowest BCUT2D eigenvalue weighted by Gasteiger charge is -2.11. The van der Waals surface area contributed by atoms with Crippen LogP contribution in [0.25, 0.3) is 5.65 Å². The molecule has 114 valence electrons. The molecule has 3 heterocycles. The van der Waals surface area contributed by atoms with E-state index >= 15 is 0 Å². The monoisotopic (exact) mass is 288 g/mol. The molecule has 0 bridgehead atoms. The number of ether oxygens (including phenoxy) is 1. The summed E-state index contributed by atoms with van der Waals surface area (Å²) in [5, 5.41) is 7.82. The zero-order chi connectivity index (χ0) is 14.5. The Hall–Kier alpha value is -1.62. The fourth-order valence-corrected chi connectivity index (χ4v) is 2.86. The standard InChI is InChI=1S/C16H24N4O/c1-2-13-12-16(20-15(19-13)8-10-18-20)17-9-4-3-6-14-7-5-11-21-14/h8,10,12,14,17H,2-7,9,11H2,1H3/t14-/m1/s1. The fraction of sp³-hybridized carbons (Fsp3) is 0.625. The highest BCUT2D eigenvalue weighted by Gasteiger charge is 2.14. The molecule has 21 heavy (non-hydrogen) atoms. The first-order valence-corrected chi connectivity index (χ1v) is 8.06. The summed E-state index contributed by atoms with van der Waals surface area (Å²) in [6.07, 6.45) is 9.28. The molecule has 1 atom stereocenters. The van der Waals surface area contributed by atoms with Crippen molar-refractivity contribution in [3.63, 3.8) is 0 Å². The predicted octanol–water partition coefficient (Wildman–Crippen LogP) is 3.05. The molecule has 0 unspecified atom stereocenters. The van der Waals surface area contributed by atoms with Crippen LogP contribution in [0, 0.1) is 0 Å². The normalized spacial score (nSPS) is 18.4. The lowest BCUT2D eigenvalue weighted by Crippen LogP contribution is -2.10. The van der Waals surface area contributed by atoms with E-state index in [2.05, 4.69) is 28.4 Å². The fourth-order valence-electron chi connectivity index (χ4n) is 2.86. The van der Waals surface area contributed by atoms with Crippen molar-refractivity contribution in [1.29, 1.82) is 0 Å². The molecule has 0 radical (unpaired) electrons. The van der Waals surface area contributed by atoms with Gasteiger partial charge in [0, 0.05) is 31.0 Å². The van der Waals surface area contributed by atoms with Gasteiger partial charge >= 0.3 is 0 Å². The first-order chi connectivity index (χ1) is 10.4. The van der Waals surface area contributed by atoms with Crippen LogP contribution in [0.2, 0.25) is 0 Å². The molecule has 1 saturated heterocycles. The SMILES string of the molecule is CCc1cc(NCCCC[C@@H]2CCCO2)n2nccc2n1. The van der Waals surface area contributed by atoms with Crippen LogP contribution in [0.4, 0.5) is 5.82 Å². The second-order valence-electron chi connectivity index (χ2n) is 5.65. The highest BCUT2D eigenvalue weighted by atomic mass is 16.5. The van der Waals surface area contributed by atoms with Gasteiger partial charge in [-0.2, -0.15) is 9.61 Å². The zero-order valence-electron chi connectivity index (χ0n) is 12.7. The number of rotatable bonds is 7. The average molecular weight is 288 g/mol. The van der Waals surface area contributed by atoms with E-state index in [1.54, 1.807) is 6.20 Å². The highest BCUT2D eigenvalue weighted by molar-refractivity contribution is 5.49. The Morgan fingerprint density at radius 1 is 1.43 bits per heavy atom. The van der Waals surface area contributed by atoms with Gasteiger partial charge in [-0.05, 0) is 38.5 Å². The van der Waals surface area contributed by atoms with E-state index in [4.69, 9.17) is 4.74 Å². The van der Waals surface area contributed by atoms with Crippen molar-refractivity contribution < 1.29 is 4.74 Å². The minimum absolute atomic E-state index is 0.510. The Morgan fingerprint density at radius 3 is 3.19 bits per heavy atom. The largest absolute Gasteiger partial charge is 0.378 e. The number of unbranched alkanes of at least 4 members (excludes halogenated alkanes) is 1. The van der Waals surface area contributed by atoms with Gasteiger partial charge in [0.2, 0.25) is 0 Å². The van der Waals surface area contributed by atoms with Gasteiger partial charge in [-0.1, -0.05) is 6.92 Å². The molecule has 1 N–H and O–H groups in total. The Balaban J connectivity index is 1.51. The molecule has 1 fully saturated rings. The van der Waals surface area contributed by atoms with E-state index in [1.165, 1.54) is 25.7 Å². The summed E-state index contributed by atoms with van der Waals surface area (Å²) >= 11 is 0. The van der Waals surface area contributed by atoms with Crippen LogP contribution in [0.3, 0.4) is 0 Å². The summed E-state index contributed by atoms with van der Waals surface area (Å²) in [7, 11) is 0. The first-order valence-electron chi connectivity index (χ1n) is 8.06. The molecule has 0 spiro atoms. The minimum Gasteiger partial charge on any atom is -0.378 e. The molecule has 5 heteroatoms. The number of hydrogen-bond acceptors (Lipinski definition) is 4. The van der Waals surface area contributed by atoms with Crippen LogP contribution in [-0.4, -0.2) is 33.9 Å². The maximum absolute atomic E-state index is 5.65. The summed E-state index contributed by atoms with van der Waals surface area (Å²) < 4.78 is 7.53. The molecule has 3 rings (SSSR count). The number of aryl methyl sites for hydroxylation is 1. The van der Waals surface area contributed by atoms with Crippen molar-refractivity contribution in [3.05, 3.63) is 24.0 Å². The van der Waals surface area contributed by atoms with Gasteiger partial charge < -0.3 is 10.1 Å². The maximum Gasteiger partial charge on any atom is 0.157 e. The topological polar surface area (TPSA) is 51.5 Å².